The maximum atomic E-state index is 8.77. The van der Waals surface area contributed by atoms with E-state index in [1.807, 2.05) is 36.4 Å². The first-order valence-electron chi connectivity index (χ1n) is 14.0. The van der Waals surface area contributed by atoms with Crippen LogP contribution in [0.15, 0.2) is 140 Å². The molecule has 0 atom stereocenters. The van der Waals surface area contributed by atoms with Crippen LogP contribution in [0.3, 0.4) is 0 Å². The lowest BCUT2D eigenvalue weighted by Gasteiger charge is -2.12. The van der Waals surface area contributed by atoms with Crippen molar-refractivity contribution in [2.75, 3.05) is 0 Å². The molecule has 0 fully saturated rings. The van der Waals surface area contributed by atoms with Crippen LogP contribution in [0.25, 0.3) is 65.8 Å². The topological polar surface area (TPSA) is 57.6 Å². The second-order valence-electron chi connectivity index (χ2n) is 10.6. The Kier molecular flexibility index (Phi) is 5.41. The zero-order chi connectivity index (χ0) is 28.2. The molecule has 0 unspecified atom stereocenters. The van der Waals surface area contributed by atoms with Crippen LogP contribution in [0.1, 0.15) is 5.56 Å². The molecule has 6 aromatic carbocycles. The van der Waals surface area contributed by atoms with Crippen molar-refractivity contribution >= 4 is 72.0 Å². The van der Waals surface area contributed by atoms with Crippen LogP contribution in [0.4, 0.5) is 0 Å². The van der Waals surface area contributed by atoms with Gasteiger partial charge in [0, 0.05) is 38.8 Å². The second kappa shape index (κ2) is 9.43. The molecule has 2 aromatic heterocycles. The summed E-state index contributed by atoms with van der Waals surface area (Å²) in [6.45, 7) is 0. The van der Waals surface area contributed by atoms with E-state index in [1.54, 1.807) is 6.08 Å². The number of hydrogen-bond donors (Lipinski definition) is 2. The molecular weight excluding hydrogens is 512 g/mol. The molecule has 198 valence electrons. The number of hydrogen-bond acceptors (Lipinski definition) is 2. The van der Waals surface area contributed by atoms with Gasteiger partial charge in [-0.05, 0) is 53.4 Å². The van der Waals surface area contributed by atoms with Gasteiger partial charge in [-0.15, -0.1) is 0 Å². The lowest BCUT2D eigenvalue weighted by Crippen LogP contribution is -2.03. The number of fused-ring (bicyclic) bond motifs is 8. The SMILES string of the molecule is N=C/C(=C\C(=N)c1ccccc1)n1c2ccccc2c2cc3c(ccc4c5ccccc5n(-c5ccccc5)c34)cc21. The van der Waals surface area contributed by atoms with Gasteiger partial charge >= 0.3 is 0 Å². The first-order chi connectivity index (χ1) is 20.7. The number of nitrogens with zero attached hydrogens (tertiary/aromatic N) is 2. The molecule has 42 heavy (non-hydrogen) atoms. The molecule has 0 saturated heterocycles. The Morgan fingerprint density at radius 2 is 1.19 bits per heavy atom. The van der Waals surface area contributed by atoms with Crippen molar-refractivity contribution in [2.45, 2.75) is 0 Å². The molecule has 2 heterocycles. The third kappa shape index (κ3) is 3.55. The lowest BCUT2D eigenvalue weighted by atomic mass is 10.0. The van der Waals surface area contributed by atoms with Crippen LogP contribution >= 0.6 is 0 Å². The highest BCUT2D eigenvalue weighted by molar-refractivity contribution is 6.25. The van der Waals surface area contributed by atoms with Gasteiger partial charge in [0.25, 0.3) is 0 Å². The summed E-state index contributed by atoms with van der Waals surface area (Å²) >= 11 is 0. The Morgan fingerprint density at radius 3 is 1.93 bits per heavy atom. The van der Waals surface area contributed by atoms with Gasteiger partial charge in [-0.25, -0.2) is 0 Å². The molecular formula is C38H26N4. The van der Waals surface area contributed by atoms with E-state index in [9.17, 15) is 0 Å². The number of allylic oxidation sites excluding steroid dienone is 2. The van der Waals surface area contributed by atoms with Gasteiger partial charge in [0.15, 0.2) is 0 Å². The third-order valence-corrected chi connectivity index (χ3v) is 8.24. The van der Waals surface area contributed by atoms with Crippen LogP contribution in [0, 0.1) is 10.8 Å². The molecule has 8 rings (SSSR count). The maximum Gasteiger partial charge on any atom is 0.0659 e. The monoisotopic (exact) mass is 538 g/mol. The van der Waals surface area contributed by atoms with Crippen LogP contribution in [-0.4, -0.2) is 21.1 Å². The summed E-state index contributed by atoms with van der Waals surface area (Å²) in [4.78, 5) is 0. The number of aromatic nitrogens is 2. The Morgan fingerprint density at radius 1 is 0.548 bits per heavy atom. The molecule has 8 aromatic rings. The van der Waals surface area contributed by atoms with Gasteiger partial charge < -0.3 is 20.0 Å². The summed E-state index contributed by atoms with van der Waals surface area (Å²) in [7, 11) is 0. The van der Waals surface area contributed by atoms with Gasteiger partial charge in [-0.1, -0.05) is 97.1 Å². The molecule has 0 radical (unpaired) electrons. The van der Waals surface area contributed by atoms with Gasteiger partial charge in [0.2, 0.25) is 0 Å². The fourth-order valence-corrected chi connectivity index (χ4v) is 6.39. The molecule has 0 amide bonds. The lowest BCUT2D eigenvalue weighted by molar-refractivity contribution is 1.19. The third-order valence-electron chi connectivity index (χ3n) is 8.24. The summed E-state index contributed by atoms with van der Waals surface area (Å²) in [6.07, 6.45) is 3.14. The second-order valence-corrected chi connectivity index (χ2v) is 10.6. The minimum absolute atomic E-state index is 0.370. The standard InChI is InChI=1S/C38H26N4/c39-24-28(22-34(40)25-11-3-1-4-12-25)41-35-17-9-8-16-30(35)33-23-32-26(21-37(33)41)19-20-31-29-15-7-10-18-36(29)42(38(31)32)27-13-5-2-6-14-27/h1-24,39-40H/b28-22+,39-24?,40-34?. The van der Waals surface area contributed by atoms with Gasteiger partial charge in [-0.2, -0.15) is 0 Å². The van der Waals surface area contributed by atoms with E-state index in [-0.39, 0.29) is 0 Å². The summed E-state index contributed by atoms with van der Waals surface area (Å²) in [5, 5.41) is 24.2. The van der Waals surface area contributed by atoms with Gasteiger partial charge in [0.05, 0.1) is 33.5 Å². The molecule has 0 bridgehead atoms. The molecule has 0 aliphatic heterocycles. The number of para-hydroxylation sites is 3. The van der Waals surface area contributed by atoms with Crippen LogP contribution in [-0.2, 0) is 0 Å². The quantitative estimate of drug-likeness (QED) is 0.205. The van der Waals surface area contributed by atoms with Crippen LogP contribution in [0.2, 0.25) is 0 Å². The Bertz CT molecular complexity index is 2370. The number of rotatable bonds is 5. The van der Waals surface area contributed by atoms with Crippen molar-refractivity contribution in [1.82, 2.24) is 9.13 Å². The Balaban J connectivity index is 1.47. The van der Waals surface area contributed by atoms with E-state index < -0.39 is 0 Å². The molecule has 0 aliphatic rings. The van der Waals surface area contributed by atoms with Crippen LogP contribution < -0.4 is 0 Å². The summed E-state index contributed by atoms with van der Waals surface area (Å²) in [5.74, 6) is 0. The molecule has 2 N–H and O–H groups in total. The van der Waals surface area contributed by atoms with Gasteiger partial charge in [-0.3, -0.25) is 0 Å². The molecule has 0 saturated carbocycles. The van der Waals surface area contributed by atoms with E-state index in [1.165, 1.54) is 33.4 Å². The minimum atomic E-state index is 0.370. The van der Waals surface area contributed by atoms with Crippen molar-refractivity contribution in [3.05, 3.63) is 145 Å². The highest BCUT2D eigenvalue weighted by Crippen LogP contribution is 2.40. The minimum Gasteiger partial charge on any atom is -0.309 e. The Labute approximate surface area is 242 Å². The summed E-state index contributed by atoms with van der Waals surface area (Å²) in [5.41, 5.74) is 7.36. The van der Waals surface area contributed by atoms with Gasteiger partial charge in [0.1, 0.15) is 0 Å². The van der Waals surface area contributed by atoms with E-state index >= 15 is 0 Å². The first kappa shape index (κ1) is 24.1. The van der Waals surface area contributed by atoms with Crippen molar-refractivity contribution in [3.63, 3.8) is 0 Å². The smallest absolute Gasteiger partial charge is 0.0659 e. The van der Waals surface area contributed by atoms with E-state index in [0.29, 0.717) is 11.4 Å². The predicted octanol–water partition coefficient (Wildman–Crippen LogP) is 9.60. The average Bonchev–Trinajstić information content (AvgIpc) is 3.56. The van der Waals surface area contributed by atoms with E-state index in [0.717, 1.165) is 38.4 Å². The molecule has 4 nitrogen and oxygen atoms in total. The first-order valence-corrected chi connectivity index (χ1v) is 14.0. The maximum absolute atomic E-state index is 8.77. The molecule has 0 aliphatic carbocycles. The normalized spacial score (nSPS) is 12.1. The largest absolute Gasteiger partial charge is 0.309 e. The highest BCUT2D eigenvalue weighted by Gasteiger charge is 2.18. The van der Waals surface area contributed by atoms with Crippen molar-refractivity contribution < 1.29 is 0 Å². The van der Waals surface area contributed by atoms with Crippen molar-refractivity contribution in [1.29, 1.82) is 10.8 Å². The Hall–Kier alpha value is -5.74. The number of nitrogens with one attached hydrogen (secondary N) is 2. The zero-order valence-electron chi connectivity index (χ0n) is 22.8. The van der Waals surface area contributed by atoms with Crippen LogP contribution in [0.5, 0.6) is 0 Å². The van der Waals surface area contributed by atoms with E-state index in [4.69, 9.17) is 10.8 Å². The summed E-state index contributed by atoms with van der Waals surface area (Å²) < 4.78 is 4.49. The fraction of sp³-hybridized carbons (Fsp3) is 0. The fourth-order valence-electron chi connectivity index (χ4n) is 6.39. The predicted molar refractivity (Wildman–Crippen MR) is 178 cm³/mol. The average molecular weight is 539 g/mol. The summed E-state index contributed by atoms with van der Waals surface area (Å²) in [6, 6.07) is 46.2. The van der Waals surface area contributed by atoms with E-state index in [2.05, 4.69) is 106 Å². The van der Waals surface area contributed by atoms with Crippen molar-refractivity contribution in [3.8, 4) is 5.69 Å². The highest BCUT2D eigenvalue weighted by atomic mass is 15.0. The molecule has 4 heteroatoms. The molecule has 0 spiro atoms. The zero-order valence-corrected chi connectivity index (χ0v) is 22.8. The number of benzene rings is 6. The van der Waals surface area contributed by atoms with Crippen molar-refractivity contribution in [2.24, 2.45) is 0 Å².